The van der Waals surface area contributed by atoms with Gasteiger partial charge in [-0.2, -0.15) is 4.31 Å². The largest absolute Gasteiger partial charge is 0.379 e. The number of nitrogens with zero attached hydrogens (tertiary/aromatic N) is 2. The molecule has 32 heavy (non-hydrogen) atoms. The van der Waals surface area contributed by atoms with Gasteiger partial charge in [0.15, 0.2) is 0 Å². The molecule has 1 N–H and O–H groups in total. The highest BCUT2D eigenvalue weighted by atomic mass is 35.5. The van der Waals surface area contributed by atoms with Crippen LogP contribution in [0.1, 0.15) is 35.2 Å². The van der Waals surface area contributed by atoms with Gasteiger partial charge in [-0.15, -0.1) is 0 Å². The number of amides is 1. The predicted octanol–water partition coefficient (Wildman–Crippen LogP) is 3.91. The van der Waals surface area contributed by atoms with Crippen molar-refractivity contribution in [3.8, 4) is 0 Å². The quantitative estimate of drug-likeness (QED) is 0.706. The van der Waals surface area contributed by atoms with E-state index in [1.54, 1.807) is 24.3 Å². The maximum atomic E-state index is 13.4. The zero-order chi connectivity index (χ0) is 22.7. The third-order valence-corrected chi connectivity index (χ3v) is 8.09. The van der Waals surface area contributed by atoms with Crippen LogP contribution in [0.25, 0.3) is 0 Å². The lowest BCUT2D eigenvalue weighted by molar-refractivity contribution is 0.0730. The lowest BCUT2D eigenvalue weighted by Crippen LogP contribution is -2.40. The van der Waals surface area contributed by atoms with Crippen molar-refractivity contribution in [1.29, 1.82) is 0 Å². The van der Waals surface area contributed by atoms with Gasteiger partial charge in [-0.05, 0) is 62.1 Å². The lowest BCUT2D eigenvalue weighted by Gasteiger charge is -2.31. The second kappa shape index (κ2) is 9.79. The molecule has 0 unspecified atom stereocenters. The highest BCUT2D eigenvalue weighted by molar-refractivity contribution is 7.89. The third kappa shape index (κ3) is 4.93. The molecule has 2 aromatic rings. The van der Waals surface area contributed by atoms with E-state index in [0.29, 0.717) is 42.6 Å². The van der Waals surface area contributed by atoms with E-state index in [1.807, 2.05) is 13.0 Å². The zero-order valence-corrected chi connectivity index (χ0v) is 19.7. The number of hydrogen-bond donors (Lipinski definition) is 1. The first kappa shape index (κ1) is 23.0. The van der Waals surface area contributed by atoms with Crippen molar-refractivity contribution >= 4 is 38.9 Å². The van der Waals surface area contributed by atoms with Gasteiger partial charge < -0.3 is 15.0 Å². The average Bonchev–Trinajstić information content (AvgIpc) is 2.82. The van der Waals surface area contributed by atoms with Gasteiger partial charge in [0.25, 0.3) is 5.91 Å². The Hall–Kier alpha value is -2.13. The predicted molar refractivity (Wildman–Crippen MR) is 126 cm³/mol. The van der Waals surface area contributed by atoms with Crippen LogP contribution in [0.2, 0.25) is 5.02 Å². The van der Waals surface area contributed by atoms with Crippen LogP contribution in [0.3, 0.4) is 0 Å². The number of nitrogens with one attached hydrogen (secondary N) is 1. The van der Waals surface area contributed by atoms with Crippen molar-refractivity contribution in [2.24, 2.45) is 0 Å². The average molecular weight is 478 g/mol. The zero-order valence-electron chi connectivity index (χ0n) is 18.1. The topological polar surface area (TPSA) is 79.0 Å². The van der Waals surface area contributed by atoms with E-state index in [9.17, 15) is 13.2 Å². The third-order valence-electron chi connectivity index (χ3n) is 5.97. The van der Waals surface area contributed by atoms with Crippen LogP contribution in [-0.4, -0.2) is 58.0 Å². The Morgan fingerprint density at radius 1 is 1.00 bits per heavy atom. The Bertz CT molecular complexity index is 1090. The fourth-order valence-electron chi connectivity index (χ4n) is 4.12. The van der Waals surface area contributed by atoms with Crippen molar-refractivity contribution in [3.05, 3.63) is 52.5 Å². The molecular weight excluding hydrogens is 450 g/mol. The van der Waals surface area contributed by atoms with Crippen molar-refractivity contribution in [2.75, 3.05) is 49.6 Å². The molecule has 0 aliphatic carbocycles. The number of rotatable bonds is 5. The SMILES string of the molecule is Cc1ccc(Cl)cc1NC(=O)c1cc(S(=O)(=O)N2CCOCC2)ccc1N1CCCCC1. The molecule has 0 spiro atoms. The summed E-state index contributed by atoms with van der Waals surface area (Å²) in [4.78, 5) is 15.7. The molecule has 2 saturated heterocycles. The second-order valence-corrected chi connectivity index (χ2v) is 10.5. The van der Waals surface area contributed by atoms with Crippen molar-refractivity contribution < 1.29 is 17.9 Å². The van der Waals surface area contributed by atoms with Gasteiger partial charge in [0.05, 0.1) is 23.7 Å². The highest BCUT2D eigenvalue weighted by Crippen LogP contribution is 2.30. The van der Waals surface area contributed by atoms with E-state index >= 15 is 0 Å². The summed E-state index contributed by atoms with van der Waals surface area (Å²) in [6, 6.07) is 10.2. The molecule has 2 aliphatic heterocycles. The molecule has 4 rings (SSSR count). The van der Waals surface area contributed by atoms with Gasteiger partial charge in [-0.3, -0.25) is 4.79 Å². The Labute approximate surface area is 194 Å². The summed E-state index contributed by atoms with van der Waals surface area (Å²) in [5, 5.41) is 3.45. The minimum atomic E-state index is -3.72. The highest BCUT2D eigenvalue weighted by Gasteiger charge is 2.29. The molecule has 0 aromatic heterocycles. The molecule has 0 bridgehead atoms. The molecule has 0 saturated carbocycles. The molecule has 7 nitrogen and oxygen atoms in total. The number of hydrogen-bond acceptors (Lipinski definition) is 5. The van der Waals surface area contributed by atoms with Crippen LogP contribution in [-0.2, 0) is 14.8 Å². The van der Waals surface area contributed by atoms with Crippen molar-refractivity contribution in [3.63, 3.8) is 0 Å². The summed E-state index contributed by atoms with van der Waals surface area (Å²) in [5.74, 6) is -0.352. The molecule has 2 heterocycles. The molecule has 1 amide bonds. The Kier molecular flexibility index (Phi) is 7.05. The number of anilines is 2. The number of aryl methyl sites for hydroxylation is 1. The minimum absolute atomic E-state index is 0.119. The summed E-state index contributed by atoms with van der Waals surface area (Å²) in [5.41, 5.74) is 2.58. The normalized spacial score (nSPS) is 17.9. The number of halogens is 1. The van der Waals surface area contributed by atoms with E-state index in [-0.39, 0.29) is 10.8 Å². The van der Waals surface area contributed by atoms with Crippen LogP contribution >= 0.6 is 11.6 Å². The first-order valence-corrected chi connectivity index (χ1v) is 12.7. The maximum absolute atomic E-state index is 13.4. The van der Waals surface area contributed by atoms with Crippen molar-refractivity contribution in [1.82, 2.24) is 4.31 Å². The fraction of sp³-hybridized carbons (Fsp3) is 0.435. The second-order valence-electron chi connectivity index (χ2n) is 8.16. The van der Waals surface area contributed by atoms with Gasteiger partial charge in [0.1, 0.15) is 0 Å². The van der Waals surface area contributed by atoms with Gasteiger partial charge >= 0.3 is 0 Å². The molecule has 9 heteroatoms. The Balaban J connectivity index is 1.72. The number of ether oxygens (including phenoxy) is 1. The van der Waals surface area contributed by atoms with E-state index in [2.05, 4.69) is 10.2 Å². The number of benzene rings is 2. The van der Waals surface area contributed by atoms with Gasteiger partial charge in [-0.1, -0.05) is 17.7 Å². The van der Waals surface area contributed by atoms with Crippen LogP contribution in [0, 0.1) is 6.92 Å². The summed E-state index contributed by atoms with van der Waals surface area (Å²) in [6.07, 6.45) is 3.24. The molecular formula is C23H28ClN3O4S. The molecule has 2 aliphatic rings. The monoisotopic (exact) mass is 477 g/mol. The molecule has 172 valence electrons. The van der Waals surface area contributed by atoms with Crippen LogP contribution < -0.4 is 10.2 Å². The van der Waals surface area contributed by atoms with Gasteiger partial charge in [-0.25, -0.2) is 8.42 Å². The number of morpholine rings is 1. The molecule has 2 aromatic carbocycles. The van der Waals surface area contributed by atoms with E-state index in [4.69, 9.17) is 16.3 Å². The first-order valence-electron chi connectivity index (χ1n) is 10.9. The van der Waals surface area contributed by atoms with E-state index in [1.165, 1.54) is 10.4 Å². The summed E-state index contributed by atoms with van der Waals surface area (Å²) in [7, 11) is -3.72. The maximum Gasteiger partial charge on any atom is 0.257 e. The first-order chi connectivity index (χ1) is 15.4. The number of carbonyl (C=O) groups excluding carboxylic acids is 1. The molecule has 2 fully saturated rings. The van der Waals surface area contributed by atoms with Crippen LogP contribution in [0.15, 0.2) is 41.3 Å². The summed E-state index contributed by atoms with van der Waals surface area (Å²) >= 11 is 6.12. The standard InChI is InChI=1S/C23H28ClN3O4S/c1-17-5-6-18(24)15-21(17)25-23(28)20-16-19(32(29,30)27-11-13-31-14-12-27)7-8-22(20)26-9-3-2-4-10-26/h5-8,15-16H,2-4,9-14H2,1H3,(H,25,28). The molecule has 0 radical (unpaired) electrons. The number of piperidine rings is 1. The minimum Gasteiger partial charge on any atom is -0.379 e. The number of carbonyl (C=O) groups is 1. The fourth-order valence-corrected chi connectivity index (χ4v) is 5.73. The smallest absolute Gasteiger partial charge is 0.257 e. The summed E-state index contributed by atoms with van der Waals surface area (Å²) in [6.45, 7) is 4.91. The number of sulfonamides is 1. The Morgan fingerprint density at radius 2 is 1.72 bits per heavy atom. The summed E-state index contributed by atoms with van der Waals surface area (Å²) < 4.78 is 33.1. The van der Waals surface area contributed by atoms with Gasteiger partial charge in [0, 0.05) is 42.6 Å². The van der Waals surface area contributed by atoms with E-state index < -0.39 is 10.0 Å². The molecule has 0 atom stereocenters. The van der Waals surface area contributed by atoms with Crippen LogP contribution in [0.5, 0.6) is 0 Å². The van der Waals surface area contributed by atoms with Crippen molar-refractivity contribution in [2.45, 2.75) is 31.1 Å². The lowest BCUT2D eigenvalue weighted by atomic mass is 10.1. The van der Waals surface area contributed by atoms with E-state index in [0.717, 1.165) is 43.6 Å². The Morgan fingerprint density at radius 3 is 2.44 bits per heavy atom. The van der Waals surface area contributed by atoms with Crippen LogP contribution in [0.4, 0.5) is 11.4 Å². The van der Waals surface area contributed by atoms with Gasteiger partial charge in [0.2, 0.25) is 10.0 Å².